The normalized spacial score (nSPS) is 10.2. The number of nitrogens with zero attached hydrogens (tertiary/aromatic N) is 1. The van der Waals surface area contributed by atoms with Gasteiger partial charge in [0, 0.05) is 14.9 Å². The Labute approximate surface area is 114 Å². The Kier molecular flexibility index (Phi) is 3.66. The van der Waals surface area contributed by atoms with Gasteiger partial charge in [0.2, 0.25) is 0 Å². The first-order valence-corrected chi connectivity index (χ1v) is 6.52. The van der Waals surface area contributed by atoms with E-state index in [0.717, 1.165) is 10.2 Å². The molecular formula is C10H6BrClN2O2S. The van der Waals surface area contributed by atoms with Crippen LogP contribution >= 0.6 is 38.9 Å². The number of aromatic nitrogens is 1. The fourth-order valence-corrected chi connectivity index (χ4v) is 2.61. The summed E-state index contributed by atoms with van der Waals surface area (Å²) < 4.78 is 0.789. The SMILES string of the molecule is O=C(O)c1csc(Nc2ccc(Cl)cc2Br)n1. The minimum absolute atomic E-state index is 0.0302. The molecule has 0 fully saturated rings. The molecule has 1 heterocycles. The molecule has 17 heavy (non-hydrogen) atoms. The van der Waals surface area contributed by atoms with E-state index in [9.17, 15) is 4.79 Å². The summed E-state index contributed by atoms with van der Waals surface area (Å²) in [5.74, 6) is -1.04. The third-order valence-electron chi connectivity index (χ3n) is 1.90. The molecule has 88 valence electrons. The molecule has 0 atom stereocenters. The zero-order chi connectivity index (χ0) is 12.4. The van der Waals surface area contributed by atoms with Gasteiger partial charge >= 0.3 is 5.97 Å². The van der Waals surface area contributed by atoms with Crippen molar-refractivity contribution < 1.29 is 9.90 Å². The maximum atomic E-state index is 10.7. The summed E-state index contributed by atoms with van der Waals surface area (Å²) >= 11 is 10.4. The summed E-state index contributed by atoms with van der Waals surface area (Å²) in [5.41, 5.74) is 0.809. The molecule has 7 heteroatoms. The number of aromatic carboxylic acids is 1. The number of carbonyl (C=O) groups is 1. The molecule has 0 unspecified atom stereocenters. The van der Waals surface area contributed by atoms with Crippen molar-refractivity contribution in [1.29, 1.82) is 0 Å². The second kappa shape index (κ2) is 5.03. The number of halogens is 2. The molecule has 4 nitrogen and oxygen atoms in total. The van der Waals surface area contributed by atoms with Crippen LogP contribution in [-0.4, -0.2) is 16.1 Å². The minimum atomic E-state index is -1.04. The molecular weight excluding hydrogens is 328 g/mol. The first kappa shape index (κ1) is 12.3. The third-order valence-corrected chi connectivity index (χ3v) is 3.54. The molecule has 0 amide bonds. The third kappa shape index (κ3) is 2.96. The van der Waals surface area contributed by atoms with Crippen molar-refractivity contribution in [1.82, 2.24) is 4.98 Å². The molecule has 0 saturated carbocycles. The van der Waals surface area contributed by atoms with E-state index >= 15 is 0 Å². The molecule has 0 bridgehead atoms. The van der Waals surface area contributed by atoms with E-state index in [-0.39, 0.29) is 5.69 Å². The van der Waals surface area contributed by atoms with Gasteiger partial charge < -0.3 is 10.4 Å². The summed E-state index contributed by atoms with van der Waals surface area (Å²) in [5, 5.41) is 14.4. The lowest BCUT2D eigenvalue weighted by Gasteiger charge is -2.05. The van der Waals surface area contributed by atoms with Gasteiger partial charge in [-0.25, -0.2) is 9.78 Å². The first-order valence-electron chi connectivity index (χ1n) is 4.47. The summed E-state index contributed by atoms with van der Waals surface area (Å²) in [6, 6.07) is 5.27. The lowest BCUT2D eigenvalue weighted by atomic mass is 10.3. The van der Waals surface area contributed by atoms with Gasteiger partial charge in [0.05, 0.1) is 5.69 Å². The topological polar surface area (TPSA) is 62.2 Å². The summed E-state index contributed by atoms with van der Waals surface area (Å²) in [7, 11) is 0. The molecule has 0 radical (unpaired) electrons. The van der Waals surface area contributed by atoms with Gasteiger partial charge in [-0.05, 0) is 34.1 Å². The molecule has 0 aliphatic carbocycles. The van der Waals surface area contributed by atoms with Crippen molar-refractivity contribution >= 4 is 55.7 Å². The van der Waals surface area contributed by atoms with E-state index in [2.05, 4.69) is 26.2 Å². The van der Waals surface area contributed by atoms with Crippen molar-refractivity contribution in [3.63, 3.8) is 0 Å². The highest BCUT2D eigenvalue weighted by Crippen LogP contribution is 2.29. The molecule has 0 spiro atoms. The van der Waals surface area contributed by atoms with E-state index in [1.165, 1.54) is 16.7 Å². The van der Waals surface area contributed by atoms with E-state index < -0.39 is 5.97 Å². The Morgan fingerprint density at radius 1 is 1.53 bits per heavy atom. The Morgan fingerprint density at radius 2 is 2.29 bits per heavy atom. The van der Waals surface area contributed by atoms with Crippen LogP contribution in [0.1, 0.15) is 10.5 Å². The average Bonchev–Trinajstić information content (AvgIpc) is 2.71. The van der Waals surface area contributed by atoms with Crippen LogP contribution in [0.15, 0.2) is 28.1 Å². The van der Waals surface area contributed by atoms with Gasteiger partial charge in [0.25, 0.3) is 0 Å². The van der Waals surface area contributed by atoms with Gasteiger partial charge in [0.15, 0.2) is 10.8 Å². The number of thiazole rings is 1. The van der Waals surface area contributed by atoms with Crippen molar-refractivity contribution in [2.24, 2.45) is 0 Å². The van der Waals surface area contributed by atoms with Crippen LogP contribution in [0.2, 0.25) is 5.02 Å². The number of anilines is 2. The van der Waals surface area contributed by atoms with E-state index in [4.69, 9.17) is 16.7 Å². The zero-order valence-corrected chi connectivity index (χ0v) is 11.4. The quantitative estimate of drug-likeness (QED) is 0.891. The summed E-state index contributed by atoms with van der Waals surface area (Å²) in [6.45, 7) is 0. The highest BCUT2D eigenvalue weighted by molar-refractivity contribution is 9.10. The fraction of sp³-hybridized carbons (Fsp3) is 0. The van der Waals surface area contributed by atoms with Crippen LogP contribution in [0.4, 0.5) is 10.8 Å². The first-order chi connectivity index (χ1) is 8.06. The Hall–Kier alpha value is -1.11. The number of hydrogen-bond donors (Lipinski definition) is 2. The maximum Gasteiger partial charge on any atom is 0.355 e. The van der Waals surface area contributed by atoms with Crippen molar-refractivity contribution in [2.45, 2.75) is 0 Å². The highest BCUT2D eigenvalue weighted by Gasteiger charge is 2.09. The molecule has 0 aliphatic rings. The second-order valence-electron chi connectivity index (χ2n) is 3.09. The van der Waals surface area contributed by atoms with Crippen LogP contribution in [0.5, 0.6) is 0 Å². The summed E-state index contributed by atoms with van der Waals surface area (Å²) in [4.78, 5) is 14.6. The minimum Gasteiger partial charge on any atom is -0.476 e. The van der Waals surface area contributed by atoms with Gasteiger partial charge in [-0.3, -0.25) is 0 Å². The van der Waals surface area contributed by atoms with E-state index in [0.29, 0.717) is 10.2 Å². The number of rotatable bonds is 3. The number of carboxylic acid groups (broad SMARTS) is 1. The monoisotopic (exact) mass is 332 g/mol. The van der Waals surface area contributed by atoms with Gasteiger partial charge in [-0.15, -0.1) is 11.3 Å². The molecule has 1 aromatic carbocycles. The maximum absolute atomic E-state index is 10.7. The largest absolute Gasteiger partial charge is 0.476 e. The molecule has 2 aromatic rings. The Bertz CT molecular complexity index is 573. The predicted octanol–water partition coefficient (Wildman–Crippen LogP) is 4.00. The molecule has 2 rings (SSSR count). The predicted molar refractivity (Wildman–Crippen MR) is 71.5 cm³/mol. The standard InChI is InChI=1S/C10H6BrClN2O2S/c11-6-3-5(12)1-2-7(6)13-10-14-8(4-17-10)9(15)16/h1-4H,(H,13,14)(H,15,16). The lowest BCUT2D eigenvalue weighted by molar-refractivity contribution is 0.0691. The molecule has 1 aromatic heterocycles. The number of nitrogens with one attached hydrogen (secondary N) is 1. The summed E-state index contributed by atoms with van der Waals surface area (Å²) in [6.07, 6.45) is 0. The van der Waals surface area contributed by atoms with Crippen molar-refractivity contribution in [2.75, 3.05) is 5.32 Å². The lowest BCUT2D eigenvalue weighted by Crippen LogP contribution is -1.97. The van der Waals surface area contributed by atoms with Crippen molar-refractivity contribution in [3.8, 4) is 0 Å². The Morgan fingerprint density at radius 3 is 2.88 bits per heavy atom. The molecule has 0 saturated heterocycles. The molecule has 2 N–H and O–H groups in total. The number of carboxylic acids is 1. The second-order valence-corrected chi connectivity index (χ2v) is 5.24. The van der Waals surface area contributed by atoms with Crippen molar-refractivity contribution in [3.05, 3.63) is 38.8 Å². The van der Waals surface area contributed by atoms with E-state index in [1.54, 1.807) is 18.2 Å². The van der Waals surface area contributed by atoms with Gasteiger partial charge in [-0.1, -0.05) is 11.6 Å². The van der Waals surface area contributed by atoms with Crippen LogP contribution in [0, 0.1) is 0 Å². The van der Waals surface area contributed by atoms with Crippen LogP contribution in [0.3, 0.4) is 0 Å². The number of benzene rings is 1. The number of hydrogen-bond acceptors (Lipinski definition) is 4. The van der Waals surface area contributed by atoms with Gasteiger partial charge in [0.1, 0.15) is 0 Å². The Balaban J connectivity index is 2.22. The van der Waals surface area contributed by atoms with E-state index in [1.807, 2.05) is 0 Å². The zero-order valence-electron chi connectivity index (χ0n) is 8.28. The molecule has 0 aliphatic heterocycles. The smallest absolute Gasteiger partial charge is 0.355 e. The van der Waals surface area contributed by atoms with Crippen LogP contribution in [0.25, 0.3) is 0 Å². The highest BCUT2D eigenvalue weighted by atomic mass is 79.9. The van der Waals surface area contributed by atoms with Gasteiger partial charge in [-0.2, -0.15) is 0 Å². The average molecular weight is 334 g/mol. The van der Waals surface area contributed by atoms with Crippen LogP contribution < -0.4 is 5.32 Å². The fourth-order valence-electron chi connectivity index (χ4n) is 1.14. The van der Waals surface area contributed by atoms with Crippen LogP contribution in [-0.2, 0) is 0 Å².